The van der Waals surface area contributed by atoms with Crippen LogP contribution in [0.25, 0.3) is 0 Å². The van der Waals surface area contributed by atoms with Crippen LogP contribution in [0.4, 0.5) is 0 Å². The summed E-state index contributed by atoms with van der Waals surface area (Å²) in [7, 11) is 0. The molecule has 6 atom stereocenters. The molecular formula is C50H96O10. The number of hydrogen-bond acceptors (Lipinski definition) is 10. The van der Waals surface area contributed by atoms with E-state index in [-0.39, 0.29) is 32.0 Å². The second-order valence-corrected chi connectivity index (χ2v) is 18.0. The highest BCUT2D eigenvalue weighted by Gasteiger charge is 2.44. The molecule has 10 heteroatoms. The Labute approximate surface area is 368 Å². The van der Waals surface area contributed by atoms with E-state index in [0.717, 1.165) is 32.1 Å². The van der Waals surface area contributed by atoms with Gasteiger partial charge in [0, 0.05) is 12.8 Å². The van der Waals surface area contributed by atoms with Crippen LogP contribution in [-0.4, -0.2) is 89.0 Å². The molecule has 0 aliphatic carbocycles. The molecule has 1 rings (SSSR count). The number of aliphatic hydroxyl groups excluding tert-OH is 4. The fourth-order valence-corrected chi connectivity index (χ4v) is 8.19. The van der Waals surface area contributed by atoms with Gasteiger partial charge < -0.3 is 39.4 Å². The van der Waals surface area contributed by atoms with E-state index in [2.05, 4.69) is 13.8 Å². The van der Waals surface area contributed by atoms with Gasteiger partial charge in [0.05, 0.1) is 13.2 Å². The van der Waals surface area contributed by atoms with Crippen molar-refractivity contribution in [1.29, 1.82) is 0 Å². The molecule has 1 saturated heterocycles. The maximum absolute atomic E-state index is 12.8. The fourth-order valence-electron chi connectivity index (χ4n) is 8.19. The number of hydrogen-bond donors (Lipinski definition) is 4. The Kier molecular flexibility index (Phi) is 39.4. The smallest absolute Gasteiger partial charge is 0.306 e. The Bertz CT molecular complexity index is 948. The van der Waals surface area contributed by atoms with E-state index >= 15 is 0 Å². The fraction of sp³-hybridized carbons (Fsp3) is 0.960. The zero-order chi connectivity index (χ0) is 43.7. The molecule has 0 amide bonds. The normalized spacial score (nSPS) is 19.7. The molecule has 4 N–H and O–H groups in total. The molecule has 0 spiro atoms. The highest BCUT2D eigenvalue weighted by atomic mass is 16.7. The van der Waals surface area contributed by atoms with Gasteiger partial charge in [-0.1, -0.05) is 226 Å². The first kappa shape index (κ1) is 56.7. The predicted octanol–water partition coefficient (Wildman–Crippen LogP) is 11.7. The molecule has 1 fully saturated rings. The van der Waals surface area contributed by atoms with E-state index in [1.807, 2.05) is 0 Å². The Morgan fingerprint density at radius 1 is 0.450 bits per heavy atom. The summed E-state index contributed by atoms with van der Waals surface area (Å²) in [4.78, 5) is 25.4. The number of ether oxygens (including phenoxy) is 4. The Hall–Kier alpha value is -1.30. The summed E-state index contributed by atoms with van der Waals surface area (Å²) in [5.74, 6) is -0.787. The summed E-state index contributed by atoms with van der Waals surface area (Å²) in [6.45, 7) is 3.47. The van der Waals surface area contributed by atoms with Gasteiger partial charge in [-0.2, -0.15) is 0 Å². The summed E-state index contributed by atoms with van der Waals surface area (Å²) in [5.41, 5.74) is 0. The van der Waals surface area contributed by atoms with Crippen LogP contribution in [0.5, 0.6) is 0 Å². The monoisotopic (exact) mass is 857 g/mol. The zero-order valence-corrected chi connectivity index (χ0v) is 39.0. The number of aliphatic hydroxyl groups is 4. The van der Waals surface area contributed by atoms with E-state index < -0.39 is 49.4 Å². The van der Waals surface area contributed by atoms with Crippen molar-refractivity contribution >= 4 is 11.9 Å². The SMILES string of the molecule is CCCCCCCCCCCCCCCCCCCCCCCCC(=O)O[C@H](COC(=O)CCCCCCCCCCCCCCC)CO[C@@H]1O[C@H](CO)[C@H](O)C(O)C1O. The van der Waals surface area contributed by atoms with Gasteiger partial charge in [0.15, 0.2) is 12.4 Å². The molecule has 60 heavy (non-hydrogen) atoms. The van der Waals surface area contributed by atoms with Gasteiger partial charge in [-0.25, -0.2) is 0 Å². The third kappa shape index (κ3) is 32.4. The highest BCUT2D eigenvalue weighted by molar-refractivity contribution is 5.70. The van der Waals surface area contributed by atoms with Gasteiger partial charge in [0.25, 0.3) is 0 Å². The molecule has 1 aliphatic rings. The van der Waals surface area contributed by atoms with Crippen molar-refractivity contribution in [2.24, 2.45) is 0 Å². The molecule has 0 radical (unpaired) electrons. The Balaban J connectivity index is 2.22. The van der Waals surface area contributed by atoms with Gasteiger partial charge in [-0.3, -0.25) is 9.59 Å². The number of rotatable bonds is 44. The van der Waals surface area contributed by atoms with Crippen LogP contribution in [0, 0.1) is 0 Å². The minimum atomic E-state index is -1.59. The quantitative estimate of drug-likeness (QED) is 0.0344. The molecule has 0 aromatic carbocycles. The van der Waals surface area contributed by atoms with Crippen LogP contribution in [0.3, 0.4) is 0 Å². The lowest BCUT2D eigenvalue weighted by Gasteiger charge is -2.39. The topological polar surface area (TPSA) is 152 Å². The van der Waals surface area contributed by atoms with E-state index in [4.69, 9.17) is 18.9 Å². The molecule has 2 unspecified atom stereocenters. The summed E-state index contributed by atoms with van der Waals surface area (Å²) in [6.07, 6.45) is 36.9. The first-order chi connectivity index (χ1) is 29.3. The first-order valence-electron chi connectivity index (χ1n) is 25.6. The number of carbonyl (C=O) groups is 2. The van der Waals surface area contributed by atoms with Crippen molar-refractivity contribution in [3.63, 3.8) is 0 Å². The third-order valence-electron chi connectivity index (χ3n) is 12.2. The van der Waals surface area contributed by atoms with Crippen molar-refractivity contribution in [3.8, 4) is 0 Å². The van der Waals surface area contributed by atoms with Crippen LogP contribution in [0.2, 0.25) is 0 Å². The summed E-state index contributed by atoms with van der Waals surface area (Å²) in [5, 5.41) is 40.2. The largest absolute Gasteiger partial charge is 0.462 e. The van der Waals surface area contributed by atoms with Gasteiger partial charge in [-0.05, 0) is 12.8 Å². The van der Waals surface area contributed by atoms with Gasteiger partial charge in [0.2, 0.25) is 0 Å². The second kappa shape index (κ2) is 41.7. The second-order valence-electron chi connectivity index (χ2n) is 18.0. The van der Waals surface area contributed by atoms with Crippen LogP contribution in [-0.2, 0) is 28.5 Å². The van der Waals surface area contributed by atoms with Gasteiger partial charge in [0.1, 0.15) is 31.0 Å². The molecular weight excluding hydrogens is 761 g/mol. The number of esters is 2. The molecule has 0 aromatic rings. The van der Waals surface area contributed by atoms with Crippen LogP contribution in [0.15, 0.2) is 0 Å². The number of unbranched alkanes of at least 4 members (excludes halogenated alkanes) is 33. The van der Waals surface area contributed by atoms with Gasteiger partial charge in [-0.15, -0.1) is 0 Å². The summed E-state index contributed by atoms with van der Waals surface area (Å²) >= 11 is 0. The van der Waals surface area contributed by atoms with E-state index in [9.17, 15) is 30.0 Å². The van der Waals surface area contributed by atoms with E-state index in [1.165, 1.54) is 186 Å². The maximum atomic E-state index is 12.8. The van der Waals surface area contributed by atoms with E-state index in [0.29, 0.717) is 6.42 Å². The molecule has 1 aliphatic heterocycles. The molecule has 1 heterocycles. The predicted molar refractivity (Wildman–Crippen MR) is 243 cm³/mol. The van der Waals surface area contributed by atoms with Crippen LogP contribution >= 0.6 is 0 Å². The molecule has 0 bridgehead atoms. The lowest BCUT2D eigenvalue weighted by Crippen LogP contribution is -2.59. The lowest BCUT2D eigenvalue weighted by molar-refractivity contribution is -0.305. The standard InChI is InChI=1S/C50H96O10/c1-3-5-7-9-11-13-15-17-18-19-20-21-22-23-24-25-27-29-31-33-35-37-39-46(53)59-43(42-58-50-49(56)48(55)47(54)44(40-51)60-50)41-57-45(52)38-36-34-32-30-28-26-16-14-12-10-8-6-4-2/h43-44,47-51,54-56H,3-42H2,1-2H3/t43-,44-,47+,48?,49?,50-/m1/s1. The van der Waals surface area contributed by atoms with E-state index in [1.54, 1.807) is 0 Å². The molecule has 0 saturated carbocycles. The average molecular weight is 857 g/mol. The van der Waals surface area contributed by atoms with Crippen molar-refractivity contribution in [2.45, 2.75) is 288 Å². The zero-order valence-electron chi connectivity index (χ0n) is 39.0. The van der Waals surface area contributed by atoms with Crippen molar-refractivity contribution < 1.29 is 49.0 Å². The molecule has 356 valence electrons. The van der Waals surface area contributed by atoms with Crippen molar-refractivity contribution in [2.75, 3.05) is 19.8 Å². The minimum absolute atomic E-state index is 0.209. The Morgan fingerprint density at radius 3 is 1.13 bits per heavy atom. The highest BCUT2D eigenvalue weighted by Crippen LogP contribution is 2.23. The third-order valence-corrected chi connectivity index (χ3v) is 12.2. The van der Waals surface area contributed by atoms with Crippen molar-refractivity contribution in [3.05, 3.63) is 0 Å². The minimum Gasteiger partial charge on any atom is -0.462 e. The first-order valence-corrected chi connectivity index (χ1v) is 25.6. The molecule has 10 nitrogen and oxygen atoms in total. The Morgan fingerprint density at radius 2 is 0.783 bits per heavy atom. The summed E-state index contributed by atoms with van der Waals surface area (Å²) < 4.78 is 22.2. The average Bonchev–Trinajstić information content (AvgIpc) is 3.25. The summed E-state index contributed by atoms with van der Waals surface area (Å²) in [6, 6.07) is 0. The van der Waals surface area contributed by atoms with Crippen LogP contribution in [0.1, 0.15) is 251 Å². The van der Waals surface area contributed by atoms with Crippen molar-refractivity contribution in [1.82, 2.24) is 0 Å². The van der Waals surface area contributed by atoms with Crippen LogP contribution < -0.4 is 0 Å². The maximum Gasteiger partial charge on any atom is 0.306 e. The molecule has 0 aromatic heterocycles. The lowest BCUT2D eigenvalue weighted by atomic mass is 9.99. The number of carbonyl (C=O) groups excluding carboxylic acids is 2. The van der Waals surface area contributed by atoms with Gasteiger partial charge >= 0.3 is 11.9 Å².